The molecule has 0 aliphatic carbocycles. The Morgan fingerprint density at radius 3 is 2.44 bits per heavy atom. The van der Waals surface area contributed by atoms with Crippen molar-refractivity contribution in [2.45, 2.75) is 32.8 Å². The van der Waals surface area contributed by atoms with Gasteiger partial charge in [0.25, 0.3) is 17.5 Å². The molecule has 1 heterocycles. The maximum Gasteiger partial charge on any atom is 0.363 e. The largest absolute Gasteiger partial charge is 0.461 e. The number of amides is 2. The second-order valence-corrected chi connectivity index (χ2v) is 5.08. The van der Waals surface area contributed by atoms with Crippen LogP contribution in [-0.4, -0.2) is 33.7 Å². The number of nitro groups is 1. The van der Waals surface area contributed by atoms with E-state index in [2.05, 4.69) is 0 Å². The molecule has 25 heavy (non-hydrogen) atoms. The van der Waals surface area contributed by atoms with Gasteiger partial charge in [-0.05, 0) is 12.1 Å². The zero-order valence-electron chi connectivity index (χ0n) is 13.2. The van der Waals surface area contributed by atoms with Crippen molar-refractivity contribution in [3.8, 4) is 0 Å². The molecule has 1 saturated heterocycles. The SMILES string of the molecule is CCC(=O)OCc1cc(C(=O)ON2C(=O)CCC2=O)ccc1[N+](=O)[O-]. The van der Waals surface area contributed by atoms with Crippen molar-refractivity contribution >= 4 is 29.4 Å². The predicted molar refractivity (Wildman–Crippen MR) is 79.7 cm³/mol. The molecule has 0 saturated carbocycles. The Labute approximate surface area is 141 Å². The minimum absolute atomic E-state index is 0.0136. The van der Waals surface area contributed by atoms with Gasteiger partial charge in [-0.1, -0.05) is 6.92 Å². The highest BCUT2D eigenvalue weighted by atomic mass is 16.7. The molecule has 2 rings (SSSR count). The first-order valence-corrected chi connectivity index (χ1v) is 7.34. The van der Waals surface area contributed by atoms with Crippen LogP contribution in [0, 0.1) is 10.1 Å². The molecule has 1 fully saturated rings. The smallest absolute Gasteiger partial charge is 0.363 e. The zero-order chi connectivity index (χ0) is 18.6. The lowest BCUT2D eigenvalue weighted by Crippen LogP contribution is -2.32. The van der Waals surface area contributed by atoms with E-state index < -0.39 is 35.3 Å². The summed E-state index contributed by atoms with van der Waals surface area (Å²) in [6, 6.07) is 3.30. The summed E-state index contributed by atoms with van der Waals surface area (Å²) >= 11 is 0. The van der Waals surface area contributed by atoms with Gasteiger partial charge in [0.15, 0.2) is 0 Å². The number of nitrogens with zero attached hydrogens (tertiary/aromatic N) is 2. The Hall–Kier alpha value is -3.30. The third kappa shape index (κ3) is 4.16. The molecule has 1 aliphatic heterocycles. The Balaban J connectivity index is 2.21. The molecule has 10 heteroatoms. The second-order valence-electron chi connectivity index (χ2n) is 5.08. The van der Waals surface area contributed by atoms with Crippen LogP contribution in [0.1, 0.15) is 42.1 Å². The van der Waals surface area contributed by atoms with Crippen LogP contribution in [0.2, 0.25) is 0 Å². The van der Waals surface area contributed by atoms with Crippen molar-refractivity contribution < 1.29 is 33.7 Å². The lowest BCUT2D eigenvalue weighted by Gasteiger charge is -2.13. The van der Waals surface area contributed by atoms with Gasteiger partial charge in [0.05, 0.1) is 16.1 Å². The molecule has 0 aromatic heterocycles. The molecule has 0 bridgehead atoms. The summed E-state index contributed by atoms with van der Waals surface area (Å²) in [6.45, 7) is 1.17. The second kappa shape index (κ2) is 7.51. The number of nitro benzene ring substituents is 1. The molecule has 1 aromatic carbocycles. The fourth-order valence-corrected chi connectivity index (χ4v) is 2.06. The Morgan fingerprint density at radius 2 is 1.88 bits per heavy atom. The van der Waals surface area contributed by atoms with E-state index in [0.29, 0.717) is 5.06 Å². The Bertz CT molecular complexity index is 742. The van der Waals surface area contributed by atoms with Crippen molar-refractivity contribution in [2.24, 2.45) is 0 Å². The fourth-order valence-electron chi connectivity index (χ4n) is 2.06. The van der Waals surface area contributed by atoms with Gasteiger partial charge in [-0.25, -0.2) is 4.79 Å². The first kappa shape index (κ1) is 18.0. The fraction of sp³-hybridized carbons (Fsp3) is 0.333. The molecule has 0 spiro atoms. The van der Waals surface area contributed by atoms with Gasteiger partial charge in [-0.15, -0.1) is 5.06 Å². The van der Waals surface area contributed by atoms with Crippen LogP contribution in [0.5, 0.6) is 0 Å². The molecule has 0 unspecified atom stereocenters. The van der Waals surface area contributed by atoms with E-state index in [0.717, 1.165) is 18.2 Å². The summed E-state index contributed by atoms with van der Waals surface area (Å²) in [5.41, 5.74) is -0.477. The molecule has 0 N–H and O–H groups in total. The van der Waals surface area contributed by atoms with Gasteiger partial charge in [0, 0.05) is 25.3 Å². The van der Waals surface area contributed by atoms with Crippen molar-refractivity contribution in [3.63, 3.8) is 0 Å². The van der Waals surface area contributed by atoms with Crippen molar-refractivity contribution in [2.75, 3.05) is 0 Å². The third-order valence-electron chi connectivity index (χ3n) is 3.37. The van der Waals surface area contributed by atoms with Crippen molar-refractivity contribution in [3.05, 3.63) is 39.4 Å². The molecule has 0 atom stereocenters. The maximum atomic E-state index is 12.1. The molecule has 1 aliphatic rings. The van der Waals surface area contributed by atoms with Crippen LogP contribution in [0.4, 0.5) is 5.69 Å². The number of imide groups is 1. The van der Waals surface area contributed by atoms with Gasteiger partial charge < -0.3 is 9.57 Å². The zero-order valence-corrected chi connectivity index (χ0v) is 13.2. The first-order valence-electron chi connectivity index (χ1n) is 7.34. The lowest BCUT2D eigenvalue weighted by atomic mass is 10.1. The van der Waals surface area contributed by atoms with Gasteiger partial charge in [-0.3, -0.25) is 24.5 Å². The normalized spacial score (nSPS) is 13.7. The molecular formula is C15H14N2O8. The summed E-state index contributed by atoms with van der Waals surface area (Å²) < 4.78 is 4.86. The Morgan fingerprint density at radius 1 is 1.24 bits per heavy atom. The molecule has 2 amide bonds. The Kier molecular flexibility index (Phi) is 5.42. The van der Waals surface area contributed by atoms with Crippen LogP contribution in [0.3, 0.4) is 0 Å². The number of ether oxygens (including phenoxy) is 1. The maximum absolute atomic E-state index is 12.1. The number of hydrogen-bond donors (Lipinski definition) is 0. The number of benzene rings is 1. The summed E-state index contributed by atoms with van der Waals surface area (Å²) in [7, 11) is 0. The summed E-state index contributed by atoms with van der Waals surface area (Å²) in [5.74, 6) is -2.87. The van der Waals surface area contributed by atoms with Crippen LogP contribution >= 0.6 is 0 Å². The summed E-state index contributed by atoms with van der Waals surface area (Å²) in [6.07, 6.45) is -0.0100. The van der Waals surface area contributed by atoms with E-state index in [1.165, 1.54) is 0 Å². The highest BCUT2D eigenvalue weighted by Gasteiger charge is 2.33. The number of rotatable bonds is 6. The lowest BCUT2D eigenvalue weighted by molar-refractivity contribution is -0.385. The quantitative estimate of drug-likeness (QED) is 0.324. The van der Waals surface area contributed by atoms with E-state index in [1.807, 2.05) is 0 Å². The van der Waals surface area contributed by atoms with Gasteiger partial charge in [0.1, 0.15) is 6.61 Å². The van der Waals surface area contributed by atoms with E-state index in [-0.39, 0.29) is 36.1 Å². The number of carbonyl (C=O) groups excluding carboxylic acids is 4. The number of hydrogen-bond acceptors (Lipinski definition) is 8. The van der Waals surface area contributed by atoms with E-state index >= 15 is 0 Å². The monoisotopic (exact) mass is 350 g/mol. The molecule has 0 radical (unpaired) electrons. The van der Waals surface area contributed by atoms with E-state index in [9.17, 15) is 29.3 Å². The summed E-state index contributed by atoms with van der Waals surface area (Å²) in [5, 5.41) is 11.4. The van der Waals surface area contributed by atoms with E-state index in [1.54, 1.807) is 6.92 Å². The average Bonchev–Trinajstić information content (AvgIpc) is 2.91. The number of hydroxylamine groups is 2. The molecular weight excluding hydrogens is 336 g/mol. The minimum Gasteiger partial charge on any atom is -0.461 e. The third-order valence-corrected chi connectivity index (χ3v) is 3.37. The number of carbonyl (C=O) groups is 4. The topological polar surface area (TPSA) is 133 Å². The standard InChI is InChI=1S/C15H14N2O8/c1-2-14(20)24-8-10-7-9(3-4-11(10)17(22)23)15(21)25-16-12(18)5-6-13(16)19/h3-4,7H,2,5-6,8H2,1H3. The van der Waals surface area contributed by atoms with Gasteiger partial charge in [-0.2, -0.15) is 0 Å². The van der Waals surface area contributed by atoms with Gasteiger partial charge >= 0.3 is 11.9 Å². The minimum atomic E-state index is -1.03. The summed E-state index contributed by atoms with van der Waals surface area (Å²) in [4.78, 5) is 61.3. The van der Waals surface area contributed by atoms with E-state index in [4.69, 9.17) is 9.57 Å². The van der Waals surface area contributed by atoms with Crippen LogP contribution < -0.4 is 0 Å². The van der Waals surface area contributed by atoms with Crippen molar-refractivity contribution in [1.29, 1.82) is 0 Å². The van der Waals surface area contributed by atoms with Crippen LogP contribution in [-0.2, 0) is 30.6 Å². The molecule has 132 valence electrons. The highest BCUT2D eigenvalue weighted by molar-refractivity contribution is 6.02. The predicted octanol–water partition coefficient (Wildman–Crippen LogP) is 1.27. The molecule has 1 aromatic rings. The molecule has 10 nitrogen and oxygen atoms in total. The van der Waals surface area contributed by atoms with Gasteiger partial charge in [0.2, 0.25) is 0 Å². The highest BCUT2D eigenvalue weighted by Crippen LogP contribution is 2.22. The average molecular weight is 350 g/mol. The van der Waals surface area contributed by atoms with Crippen LogP contribution in [0.15, 0.2) is 18.2 Å². The number of esters is 1. The first-order chi connectivity index (χ1) is 11.8. The van der Waals surface area contributed by atoms with Crippen molar-refractivity contribution in [1.82, 2.24) is 5.06 Å². The van der Waals surface area contributed by atoms with Crippen LogP contribution in [0.25, 0.3) is 0 Å².